The van der Waals surface area contributed by atoms with Crippen LogP contribution >= 0.6 is 15.9 Å². The molecule has 0 heterocycles. The first-order valence-electron chi connectivity index (χ1n) is 5.97. The fraction of sp³-hybridized carbons (Fsp3) is 0.571. The van der Waals surface area contributed by atoms with Crippen molar-refractivity contribution in [2.24, 2.45) is 11.3 Å². The van der Waals surface area contributed by atoms with Gasteiger partial charge in [0.25, 0.3) is 0 Å². The van der Waals surface area contributed by atoms with Gasteiger partial charge in [0.1, 0.15) is 5.75 Å². The monoisotopic (exact) mass is 300 g/mol. The van der Waals surface area contributed by atoms with E-state index in [1.807, 2.05) is 24.3 Å². The van der Waals surface area contributed by atoms with E-state index in [9.17, 15) is 5.11 Å². The van der Waals surface area contributed by atoms with Gasteiger partial charge >= 0.3 is 0 Å². The molecular weight excluding hydrogens is 280 g/mol. The Balaban J connectivity index is 2.47. The van der Waals surface area contributed by atoms with E-state index in [0.717, 1.165) is 16.6 Å². The molecule has 0 bridgehead atoms. The fourth-order valence-corrected chi connectivity index (χ4v) is 1.89. The fourth-order valence-electron chi connectivity index (χ4n) is 1.51. The smallest absolute Gasteiger partial charge is 0.120 e. The summed E-state index contributed by atoms with van der Waals surface area (Å²) in [5.74, 6) is 1.31. The van der Waals surface area contributed by atoms with Crippen LogP contribution in [0.15, 0.2) is 28.7 Å². The van der Waals surface area contributed by atoms with Crippen molar-refractivity contribution >= 4 is 15.9 Å². The zero-order valence-electron chi connectivity index (χ0n) is 10.7. The molecule has 0 aliphatic rings. The normalized spacial score (nSPS) is 14.7. The van der Waals surface area contributed by atoms with Crippen molar-refractivity contribution in [1.82, 2.24) is 0 Å². The zero-order chi connectivity index (χ0) is 12.9. The van der Waals surface area contributed by atoms with Crippen LogP contribution in [0.4, 0.5) is 0 Å². The summed E-state index contributed by atoms with van der Waals surface area (Å²) in [6.07, 6.45) is 0.855. The third-order valence-electron chi connectivity index (χ3n) is 3.49. The Kier molecular flexibility index (Phi) is 5.47. The van der Waals surface area contributed by atoms with Gasteiger partial charge in [-0.05, 0) is 36.0 Å². The van der Waals surface area contributed by atoms with Crippen molar-refractivity contribution in [3.8, 4) is 5.75 Å². The van der Waals surface area contributed by atoms with E-state index in [4.69, 9.17) is 4.74 Å². The molecule has 0 radical (unpaired) electrons. The highest BCUT2D eigenvalue weighted by atomic mass is 79.9. The highest BCUT2D eigenvalue weighted by molar-refractivity contribution is 9.10. The van der Waals surface area contributed by atoms with Gasteiger partial charge in [-0.25, -0.2) is 0 Å². The molecular formula is C14H21BrO2. The summed E-state index contributed by atoms with van der Waals surface area (Å²) in [5, 5.41) is 9.43. The number of hydrogen-bond donors (Lipinski definition) is 1. The topological polar surface area (TPSA) is 29.5 Å². The second-order valence-corrected chi connectivity index (χ2v) is 5.94. The molecule has 2 nitrogen and oxygen atoms in total. The average molecular weight is 301 g/mol. The molecule has 1 aromatic carbocycles. The SMILES string of the molecule is CC(C)C(C)(CO)CCOc1cccc(Br)c1. The van der Waals surface area contributed by atoms with Crippen LogP contribution in [-0.4, -0.2) is 18.3 Å². The lowest BCUT2D eigenvalue weighted by molar-refractivity contribution is 0.0691. The highest BCUT2D eigenvalue weighted by Crippen LogP contribution is 2.30. The van der Waals surface area contributed by atoms with Crippen LogP contribution in [-0.2, 0) is 0 Å². The lowest BCUT2D eigenvalue weighted by Crippen LogP contribution is -2.29. The van der Waals surface area contributed by atoms with Gasteiger partial charge in [-0.3, -0.25) is 0 Å². The van der Waals surface area contributed by atoms with Crippen LogP contribution in [0.1, 0.15) is 27.2 Å². The molecule has 0 aromatic heterocycles. The van der Waals surface area contributed by atoms with Crippen LogP contribution in [0.3, 0.4) is 0 Å². The molecule has 0 spiro atoms. The Morgan fingerprint density at radius 1 is 1.41 bits per heavy atom. The number of halogens is 1. The molecule has 1 rings (SSSR count). The van der Waals surface area contributed by atoms with Gasteiger partial charge in [-0.15, -0.1) is 0 Å². The van der Waals surface area contributed by atoms with Gasteiger partial charge < -0.3 is 9.84 Å². The van der Waals surface area contributed by atoms with Gasteiger partial charge in [-0.1, -0.05) is 42.8 Å². The van der Waals surface area contributed by atoms with Crippen LogP contribution in [0.25, 0.3) is 0 Å². The molecule has 3 heteroatoms. The van der Waals surface area contributed by atoms with E-state index in [-0.39, 0.29) is 12.0 Å². The summed E-state index contributed by atoms with van der Waals surface area (Å²) < 4.78 is 6.71. The second kappa shape index (κ2) is 6.41. The Morgan fingerprint density at radius 3 is 2.65 bits per heavy atom. The zero-order valence-corrected chi connectivity index (χ0v) is 12.3. The quantitative estimate of drug-likeness (QED) is 0.864. The number of hydrogen-bond acceptors (Lipinski definition) is 2. The Bertz CT molecular complexity index is 352. The molecule has 0 fully saturated rings. The van der Waals surface area contributed by atoms with E-state index in [1.165, 1.54) is 0 Å². The molecule has 1 N–H and O–H groups in total. The standard InChI is InChI=1S/C14H21BrO2/c1-11(2)14(3,10-16)7-8-17-13-6-4-5-12(15)9-13/h4-6,9,11,16H,7-8,10H2,1-3H3. The average Bonchev–Trinajstić information content (AvgIpc) is 2.28. The molecule has 0 saturated carbocycles. The van der Waals surface area contributed by atoms with Crippen molar-refractivity contribution in [3.63, 3.8) is 0 Å². The van der Waals surface area contributed by atoms with Gasteiger partial charge in [0.2, 0.25) is 0 Å². The first-order valence-corrected chi connectivity index (χ1v) is 6.76. The molecule has 0 aliphatic carbocycles. The Hall–Kier alpha value is -0.540. The molecule has 1 aromatic rings. The van der Waals surface area contributed by atoms with Crippen LogP contribution in [0, 0.1) is 11.3 Å². The number of aliphatic hydroxyl groups excluding tert-OH is 1. The van der Waals surface area contributed by atoms with Crippen molar-refractivity contribution in [2.45, 2.75) is 27.2 Å². The van der Waals surface area contributed by atoms with Crippen molar-refractivity contribution in [1.29, 1.82) is 0 Å². The molecule has 0 saturated heterocycles. The van der Waals surface area contributed by atoms with Gasteiger partial charge in [-0.2, -0.15) is 0 Å². The predicted molar refractivity (Wildman–Crippen MR) is 74.3 cm³/mol. The summed E-state index contributed by atoms with van der Waals surface area (Å²) in [4.78, 5) is 0. The van der Waals surface area contributed by atoms with E-state index in [0.29, 0.717) is 12.5 Å². The van der Waals surface area contributed by atoms with Gasteiger partial charge in [0.05, 0.1) is 6.61 Å². The maximum absolute atomic E-state index is 9.43. The summed E-state index contributed by atoms with van der Waals surface area (Å²) in [6, 6.07) is 7.81. The van der Waals surface area contributed by atoms with E-state index in [2.05, 4.69) is 36.7 Å². The molecule has 1 atom stereocenters. The minimum absolute atomic E-state index is 0.0635. The predicted octanol–water partition coefficient (Wildman–Crippen LogP) is 3.87. The van der Waals surface area contributed by atoms with Crippen molar-refractivity contribution in [2.75, 3.05) is 13.2 Å². The third-order valence-corrected chi connectivity index (χ3v) is 3.99. The Labute approximate surface area is 112 Å². The maximum Gasteiger partial charge on any atom is 0.120 e. The summed E-state index contributed by atoms with van der Waals surface area (Å²) in [5.41, 5.74) is -0.0635. The number of benzene rings is 1. The number of aliphatic hydroxyl groups is 1. The molecule has 96 valence electrons. The summed E-state index contributed by atoms with van der Waals surface area (Å²) in [6.45, 7) is 7.20. The first-order chi connectivity index (χ1) is 7.98. The van der Waals surface area contributed by atoms with Gasteiger partial charge in [0.15, 0.2) is 0 Å². The van der Waals surface area contributed by atoms with E-state index in [1.54, 1.807) is 0 Å². The molecule has 1 unspecified atom stereocenters. The van der Waals surface area contributed by atoms with Gasteiger partial charge in [0, 0.05) is 11.1 Å². The number of ether oxygens (including phenoxy) is 1. The van der Waals surface area contributed by atoms with E-state index >= 15 is 0 Å². The minimum atomic E-state index is -0.0635. The van der Waals surface area contributed by atoms with Crippen molar-refractivity contribution < 1.29 is 9.84 Å². The van der Waals surface area contributed by atoms with Crippen molar-refractivity contribution in [3.05, 3.63) is 28.7 Å². The number of rotatable bonds is 6. The largest absolute Gasteiger partial charge is 0.494 e. The van der Waals surface area contributed by atoms with Crippen LogP contribution < -0.4 is 4.74 Å². The van der Waals surface area contributed by atoms with E-state index < -0.39 is 0 Å². The lowest BCUT2D eigenvalue weighted by atomic mass is 9.77. The molecule has 0 aliphatic heterocycles. The van der Waals surface area contributed by atoms with Crippen LogP contribution in [0.2, 0.25) is 0 Å². The maximum atomic E-state index is 9.43. The second-order valence-electron chi connectivity index (χ2n) is 5.02. The lowest BCUT2D eigenvalue weighted by Gasteiger charge is -2.31. The summed E-state index contributed by atoms with van der Waals surface area (Å²) in [7, 11) is 0. The molecule has 0 amide bonds. The third kappa shape index (κ3) is 4.32. The molecule has 17 heavy (non-hydrogen) atoms. The van der Waals surface area contributed by atoms with Crippen LogP contribution in [0.5, 0.6) is 5.75 Å². The Morgan fingerprint density at radius 2 is 2.12 bits per heavy atom. The summed E-state index contributed by atoms with van der Waals surface area (Å²) >= 11 is 3.41. The highest BCUT2D eigenvalue weighted by Gasteiger charge is 2.27. The first kappa shape index (κ1) is 14.5. The minimum Gasteiger partial charge on any atom is -0.494 e.